The average Bonchev–Trinajstić information content (AvgIpc) is 2.37. The van der Waals surface area contributed by atoms with E-state index in [9.17, 15) is 13.2 Å². The summed E-state index contributed by atoms with van der Waals surface area (Å²) in [5.41, 5.74) is 2.21. The topological polar surface area (TPSA) is 90.8 Å². The molecule has 0 fully saturated rings. The Labute approximate surface area is 122 Å². The highest BCUT2D eigenvalue weighted by molar-refractivity contribution is 7.89. The van der Waals surface area contributed by atoms with E-state index in [1.54, 1.807) is 37.3 Å². The smallest absolute Gasteiger partial charge is 0.266 e. The summed E-state index contributed by atoms with van der Waals surface area (Å²) in [6.07, 6.45) is 1.18. The third kappa shape index (κ3) is 3.58. The molecule has 0 saturated carbocycles. The normalized spacial score (nSPS) is 11.1. The molecule has 2 aromatic rings. The number of pyridine rings is 1. The van der Waals surface area contributed by atoms with Gasteiger partial charge in [0.2, 0.25) is 0 Å². The Morgan fingerprint density at radius 3 is 2.38 bits per heavy atom. The fraction of sp³-hybridized carbons (Fsp3) is 0.200. The molecule has 0 amide bonds. The van der Waals surface area contributed by atoms with Crippen LogP contribution >= 0.6 is 0 Å². The number of aromatic nitrogens is 1. The molecule has 0 bridgehead atoms. The minimum atomic E-state index is -3.09. The van der Waals surface area contributed by atoms with Crippen molar-refractivity contribution in [2.45, 2.75) is 12.7 Å². The molecule has 0 atom stereocenters. The Balaban J connectivity index is 2.49. The van der Waals surface area contributed by atoms with E-state index in [1.807, 2.05) is 6.07 Å². The van der Waals surface area contributed by atoms with E-state index in [0.717, 1.165) is 0 Å². The number of hydrogen-bond acceptors (Lipinski definition) is 4. The van der Waals surface area contributed by atoms with Crippen molar-refractivity contribution < 1.29 is 8.42 Å². The van der Waals surface area contributed by atoms with Gasteiger partial charge in [-0.15, -0.1) is 0 Å². The van der Waals surface area contributed by atoms with Gasteiger partial charge in [-0.3, -0.25) is 4.79 Å². The van der Waals surface area contributed by atoms with Gasteiger partial charge in [0.15, 0.2) is 9.84 Å². The van der Waals surface area contributed by atoms with Gasteiger partial charge in [-0.05, 0) is 24.1 Å². The minimum absolute atomic E-state index is 0.0349. The Bertz CT molecular complexity index is 873. The summed E-state index contributed by atoms with van der Waals surface area (Å²) >= 11 is 0. The Morgan fingerprint density at radius 2 is 1.86 bits per heavy atom. The predicted molar refractivity (Wildman–Crippen MR) is 80.5 cm³/mol. The van der Waals surface area contributed by atoms with Gasteiger partial charge < -0.3 is 4.98 Å². The molecule has 0 aliphatic carbocycles. The molecule has 108 valence electrons. The third-order valence-corrected chi connectivity index (χ3v) is 3.83. The first-order valence-electron chi connectivity index (χ1n) is 6.21. The van der Waals surface area contributed by atoms with E-state index < -0.39 is 15.4 Å². The van der Waals surface area contributed by atoms with Crippen LogP contribution < -0.4 is 5.56 Å². The molecule has 0 radical (unpaired) electrons. The monoisotopic (exact) mass is 302 g/mol. The molecule has 0 aliphatic rings. The molecule has 2 rings (SSSR count). The first kappa shape index (κ1) is 15.0. The zero-order chi connectivity index (χ0) is 15.6. The summed E-state index contributed by atoms with van der Waals surface area (Å²) in [5.74, 6) is -0.0349. The lowest BCUT2D eigenvalue weighted by Gasteiger charge is -2.06. The van der Waals surface area contributed by atoms with Gasteiger partial charge in [0.05, 0.1) is 5.75 Å². The Kier molecular flexibility index (Phi) is 3.96. The minimum Gasteiger partial charge on any atom is -0.325 e. The average molecular weight is 302 g/mol. The van der Waals surface area contributed by atoms with Crippen molar-refractivity contribution in [3.8, 4) is 17.2 Å². The first-order chi connectivity index (χ1) is 9.80. The highest BCUT2D eigenvalue weighted by Crippen LogP contribution is 2.22. The van der Waals surface area contributed by atoms with E-state index in [2.05, 4.69) is 4.98 Å². The van der Waals surface area contributed by atoms with Crippen LogP contribution in [0, 0.1) is 18.3 Å². The van der Waals surface area contributed by atoms with Crippen molar-refractivity contribution in [3.05, 3.63) is 57.5 Å². The van der Waals surface area contributed by atoms with E-state index in [4.69, 9.17) is 5.26 Å². The highest BCUT2D eigenvalue weighted by atomic mass is 32.2. The largest absolute Gasteiger partial charge is 0.325 e. The third-order valence-electron chi connectivity index (χ3n) is 2.97. The number of nitrogens with zero attached hydrogens (tertiary/aromatic N) is 1. The lowest BCUT2D eigenvalue weighted by Crippen LogP contribution is -2.12. The van der Waals surface area contributed by atoms with Crippen molar-refractivity contribution >= 4 is 9.84 Å². The Morgan fingerprint density at radius 1 is 1.24 bits per heavy atom. The standard InChI is InChI=1S/C15H14N2O3S/c1-10-7-13(14(8-16)15(18)17-10)12-5-3-11(4-6-12)9-21(2,19)20/h3-7H,9H2,1-2H3,(H,17,18). The second-order valence-electron chi connectivity index (χ2n) is 4.95. The molecule has 0 unspecified atom stereocenters. The van der Waals surface area contributed by atoms with Crippen LogP contribution in [0.2, 0.25) is 0 Å². The van der Waals surface area contributed by atoms with Gasteiger partial charge in [-0.1, -0.05) is 24.3 Å². The lowest BCUT2D eigenvalue weighted by molar-refractivity contribution is 0.601. The number of aromatic amines is 1. The van der Waals surface area contributed by atoms with Gasteiger partial charge in [-0.2, -0.15) is 5.26 Å². The number of nitrogens with one attached hydrogen (secondary N) is 1. The fourth-order valence-corrected chi connectivity index (χ4v) is 2.91. The van der Waals surface area contributed by atoms with Gasteiger partial charge >= 0.3 is 0 Å². The van der Waals surface area contributed by atoms with Crippen LogP contribution in [0.1, 0.15) is 16.8 Å². The van der Waals surface area contributed by atoms with Crippen LogP contribution in [0.15, 0.2) is 35.1 Å². The van der Waals surface area contributed by atoms with Crippen molar-refractivity contribution in [2.24, 2.45) is 0 Å². The maximum Gasteiger partial charge on any atom is 0.266 e. The van der Waals surface area contributed by atoms with E-state index >= 15 is 0 Å². The van der Waals surface area contributed by atoms with Crippen molar-refractivity contribution in [2.75, 3.05) is 6.26 Å². The summed E-state index contributed by atoms with van der Waals surface area (Å²) in [5, 5.41) is 9.11. The maximum absolute atomic E-state index is 11.8. The number of aryl methyl sites for hydroxylation is 1. The van der Waals surface area contributed by atoms with Crippen LogP contribution in [0.5, 0.6) is 0 Å². The molecular formula is C15H14N2O3S. The quantitative estimate of drug-likeness (QED) is 0.935. The van der Waals surface area contributed by atoms with Crippen LogP contribution in [-0.4, -0.2) is 19.7 Å². The zero-order valence-corrected chi connectivity index (χ0v) is 12.5. The summed E-state index contributed by atoms with van der Waals surface area (Å²) in [6.45, 7) is 1.74. The maximum atomic E-state index is 11.8. The number of benzene rings is 1. The second kappa shape index (κ2) is 5.54. The van der Waals surface area contributed by atoms with Crippen molar-refractivity contribution in [1.29, 1.82) is 5.26 Å². The van der Waals surface area contributed by atoms with E-state index in [1.165, 1.54) is 6.26 Å². The molecule has 1 heterocycles. The van der Waals surface area contributed by atoms with Crippen molar-refractivity contribution in [1.82, 2.24) is 4.98 Å². The number of hydrogen-bond donors (Lipinski definition) is 1. The molecular weight excluding hydrogens is 288 g/mol. The molecule has 1 aromatic carbocycles. The van der Waals surface area contributed by atoms with E-state index in [0.29, 0.717) is 22.4 Å². The molecule has 0 saturated heterocycles. The van der Waals surface area contributed by atoms with Crippen LogP contribution in [0.3, 0.4) is 0 Å². The first-order valence-corrected chi connectivity index (χ1v) is 8.27. The molecule has 21 heavy (non-hydrogen) atoms. The van der Waals surface area contributed by atoms with Crippen LogP contribution in [0.25, 0.3) is 11.1 Å². The molecule has 1 aromatic heterocycles. The molecule has 6 heteroatoms. The van der Waals surface area contributed by atoms with Gasteiger partial charge in [0.25, 0.3) is 5.56 Å². The number of nitriles is 1. The molecule has 5 nitrogen and oxygen atoms in total. The summed E-state index contributed by atoms with van der Waals surface area (Å²) in [6, 6.07) is 10.4. The van der Waals surface area contributed by atoms with Gasteiger partial charge in [0.1, 0.15) is 11.6 Å². The number of sulfone groups is 1. The zero-order valence-electron chi connectivity index (χ0n) is 11.7. The second-order valence-corrected chi connectivity index (χ2v) is 7.09. The number of H-pyrrole nitrogens is 1. The molecule has 0 spiro atoms. The summed E-state index contributed by atoms with van der Waals surface area (Å²) in [4.78, 5) is 14.3. The highest BCUT2D eigenvalue weighted by Gasteiger charge is 2.11. The lowest BCUT2D eigenvalue weighted by atomic mass is 10.0. The van der Waals surface area contributed by atoms with E-state index in [-0.39, 0.29) is 11.3 Å². The summed E-state index contributed by atoms with van der Waals surface area (Å²) in [7, 11) is -3.09. The van der Waals surface area contributed by atoms with Gasteiger partial charge in [0, 0.05) is 17.5 Å². The Hall–Kier alpha value is -2.39. The number of rotatable bonds is 3. The SMILES string of the molecule is Cc1cc(-c2ccc(CS(C)(=O)=O)cc2)c(C#N)c(=O)[nH]1. The van der Waals surface area contributed by atoms with Crippen molar-refractivity contribution in [3.63, 3.8) is 0 Å². The molecule has 1 N–H and O–H groups in total. The van der Waals surface area contributed by atoms with Crippen LogP contribution in [0.4, 0.5) is 0 Å². The van der Waals surface area contributed by atoms with Gasteiger partial charge in [-0.25, -0.2) is 8.42 Å². The predicted octanol–water partition coefficient (Wildman–Crippen LogP) is 1.77. The van der Waals surface area contributed by atoms with Crippen LogP contribution in [-0.2, 0) is 15.6 Å². The summed E-state index contributed by atoms with van der Waals surface area (Å²) < 4.78 is 22.5. The molecule has 0 aliphatic heterocycles. The fourth-order valence-electron chi connectivity index (χ4n) is 2.11.